The molecule has 0 spiro atoms. The molecule has 48 heavy (non-hydrogen) atoms. The van der Waals surface area contributed by atoms with Crippen molar-refractivity contribution in [2.75, 3.05) is 0 Å². The molecule has 0 aliphatic carbocycles. The summed E-state index contributed by atoms with van der Waals surface area (Å²) in [5, 5.41) is 53.7. The van der Waals surface area contributed by atoms with Gasteiger partial charge in [-0.05, 0) is 84.6 Å². The third-order valence-corrected chi connectivity index (χ3v) is 8.47. The third-order valence-electron chi connectivity index (χ3n) is 6.65. The molecule has 4 aromatic carbocycles. The summed E-state index contributed by atoms with van der Waals surface area (Å²) in [6.45, 7) is 2.70. The van der Waals surface area contributed by atoms with Gasteiger partial charge in [-0.25, -0.2) is 9.68 Å². The van der Waals surface area contributed by atoms with Crippen molar-refractivity contribution in [1.82, 2.24) is 0 Å². The normalized spacial score (nSPS) is 12.4. The second-order valence-corrected chi connectivity index (χ2v) is 12.9. The molecule has 18 heteroatoms. The standard InChI is InChI=1S/C30H26N4O12S2/c1-16-9-23(11-20(15-46-39)28(16)35)33-31-21-7-5-18(26(13-21)47(40,41)42)3-4-19-6-8-22(14-27(19)48(43,44)45)32-34-24-10-17(2)29(36)25(12-24)30(37)38/h3-14,35-36,39H,15H2,1-2H3,(H,37,38)(H,40,41,42)(H,43,44,45)/b4-3+,33-31?,34-32?. The van der Waals surface area contributed by atoms with Gasteiger partial charge in [0, 0.05) is 5.56 Å². The quantitative estimate of drug-likeness (QED) is 0.0307. The number of rotatable bonds is 11. The highest BCUT2D eigenvalue weighted by molar-refractivity contribution is 7.86. The summed E-state index contributed by atoms with van der Waals surface area (Å²) in [6, 6.07) is 12.4. The van der Waals surface area contributed by atoms with Crippen molar-refractivity contribution < 1.29 is 56.2 Å². The van der Waals surface area contributed by atoms with E-state index in [2.05, 4.69) is 25.3 Å². The minimum atomic E-state index is -4.86. The maximum atomic E-state index is 12.2. The summed E-state index contributed by atoms with van der Waals surface area (Å²) in [6.07, 6.45) is 2.34. The predicted octanol–water partition coefficient (Wildman–Crippen LogP) is 6.90. The number of aromatic carboxylic acids is 1. The number of carboxylic acids is 1. The lowest BCUT2D eigenvalue weighted by atomic mass is 10.1. The molecule has 0 unspecified atom stereocenters. The van der Waals surface area contributed by atoms with Crippen LogP contribution in [0, 0.1) is 13.8 Å². The highest BCUT2D eigenvalue weighted by Gasteiger charge is 2.18. The zero-order valence-electron chi connectivity index (χ0n) is 24.9. The lowest BCUT2D eigenvalue weighted by molar-refractivity contribution is -0.253. The number of aromatic hydroxyl groups is 2. The monoisotopic (exact) mass is 698 g/mol. The van der Waals surface area contributed by atoms with E-state index in [9.17, 15) is 46.1 Å². The molecular weight excluding hydrogens is 672 g/mol. The van der Waals surface area contributed by atoms with Crippen molar-refractivity contribution in [2.24, 2.45) is 20.5 Å². The molecule has 0 heterocycles. The van der Waals surface area contributed by atoms with Crippen molar-refractivity contribution in [3.05, 3.63) is 94.0 Å². The van der Waals surface area contributed by atoms with Crippen LogP contribution in [0.5, 0.6) is 11.5 Å². The highest BCUT2D eigenvalue weighted by Crippen LogP contribution is 2.33. The maximum absolute atomic E-state index is 12.2. The zero-order chi connectivity index (χ0) is 35.4. The highest BCUT2D eigenvalue weighted by atomic mass is 32.2. The Morgan fingerprint density at radius 2 is 1.12 bits per heavy atom. The van der Waals surface area contributed by atoms with Gasteiger partial charge in [0.1, 0.15) is 33.5 Å². The van der Waals surface area contributed by atoms with E-state index >= 15 is 0 Å². The summed E-state index contributed by atoms with van der Waals surface area (Å²) in [5.74, 6) is -1.97. The van der Waals surface area contributed by atoms with Crippen molar-refractivity contribution >= 4 is 61.1 Å². The number of hydrogen-bond acceptors (Lipinski definition) is 13. The van der Waals surface area contributed by atoms with Crippen molar-refractivity contribution in [1.29, 1.82) is 0 Å². The molecule has 0 atom stereocenters. The van der Waals surface area contributed by atoms with Crippen LogP contribution in [-0.4, -0.2) is 52.5 Å². The number of azo groups is 2. The predicted molar refractivity (Wildman–Crippen MR) is 170 cm³/mol. The van der Waals surface area contributed by atoms with Gasteiger partial charge >= 0.3 is 5.97 Å². The van der Waals surface area contributed by atoms with Crippen LogP contribution in [0.25, 0.3) is 12.2 Å². The van der Waals surface area contributed by atoms with Gasteiger partial charge in [0.05, 0.1) is 22.7 Å². The first-order valence-corrected chi connectivity index (χ1v) is 16.3. The van der Waals surface area contributed by atoms with E-state index < -0.39 is 47.3 Å². The van der Waals surface area contributed by atoms with Gasteiger partial charge < -0.3 is 15.3 Å². The zero-order valence-corrected chi connectivity index (χ0v) is 26.5. The molecule has 0 aliphatic rings. The fourth-order valence-corrected chi connectivity index (χ4v) is 5.76. The number of carbonyl (C=O) groups is 1. The van der Waals surface area contributed by atoms with Gasteiger partial charge in [-0.2, -0.15) is 37.3 Å². The molecule has 250 valence electrons. The molecule has 0 bridgehead atoms. The first-order valence-electron chi connectivity index (χ1n) is 13.4. The number of benzene rings is 4. The van der Waals surface area contributed by atoms with E-state index in [1.807, 2.05) is 0 Å². The van der Waals surface area contributed by atoms with Crippen LogP contribution in [-0.2, 0) is 31.7 Å². The second-order valence-electron chi connectivity index (χ2n) is 10.1. The summed E-state index contributed by atoms with van der Waals surface area (Å²) in [4.78, 5) is 14.2. The minimum absolute atomic E-state index is 0.00176. The van der Waals surface area contributed by atoms with Crippen LogP contribution < -0.4 is 0 Å². The molecule has 0 saturated heterocycles. The van der Waals surface area contributed by atoms with E-state index in [-0.39, 0.29) is 57.4 Å². The average Bonchev–Trinajstić information content (AvgIpc) is 3.01. The number of phenols is 2. The van der Waals surface area contributed by atoms with Gasteiger partial charge in [0.2, 0.25) is 0 Å². The van der Waals surface area contributed by atoms with Gasteiger partial charge in [-0.1, -0.05) is 24.3 Å². The van der Waals surface area contributed by atoms with E-state index in [0.717, 1.165) is 18.2 Å². The number of phenolic OH excluding ortho intramolecular Hbond substituents is 1. The molecule has 0 amide bonds. The summed E-state index contributed by atoms with van der Waals surface area (Å²) in [5.41, 5.74) is 0.444. The SMILES string of the molecule is Cc1cc(N=Nc2ccc(/C=C/c3ccc(N=Nc4cc(C)c(O)c(C(=O)O)c4)cc3S(=O)(=O)O)c(S(=O)(=O)O)c2)cc(COO)c1O. The average molecular weight is 699 g/mol. The van der Waals surface area contributed by atoms with E-state index in [0.29, 0.717) is 5.56 Å². The van der Waals surface area contributed by atoms with Gasteiger partial charge in [0.25, 0.3) is 20.2 Å². The Kier molecular flexibility index (Phi) is 10.5. The summed E-state index contributed by atoms with van der Waals surface area (Å²) < 4.78 is 68.6. The van der Waals surface area contributed by atoms with Crippen LogP contribution in [0.1, 0.15) is 38.2 Å². The Bertz CT molecular complexity index is 2230. The maximum Gasteiger partial charge on any atom is 0.339 e. The lowest BCUT2D eigenvalue weighted by Gasteiger charge is -2.07. The van der Waals surface area contributed by atoms with Crippen molar-refractivity contribution in [2.45, 2.75) is 30.2 Å². The number of nitrogens with zero attached hydrogens (tertiary/aromatic N) is 4. The fourth-order valence-electron chi connectivity index (χ4n) is 4.35. The summed E-state index contributed by atoms with van der Waals surface area (Å²) >= 11 is 0. The molecular formula is C30H26N4O12S2. The molecule has 4 rings (SSSR count). The molecule has 16 nitrogen and oxygen atoms in total. The Balaban J connectivity index is 1.67. The number of carboxylic acid groups (broad SMARTS) is 1. The molecule has 6 N–H and O–H groups in total. The van der Waals surface area contributed by atoms with Crippen LogP contribution in [0.4, 0.5) is 22.7 Å². The smallest absolute Gasteiger partial charge is 0.339 e. The first kappa shape index (κ1) is 35.5. The fraction of sp³-hybridized carbons (Fsp3) is 0.100. The molecule has 0 fully saturated rings. The summed E-state index contributed by atoms with van der Waals surface area (Å²) in [7, 11) is -9.70. The number of aryl methyl sites for hydroxylation is 2. The Morgan fingerprint density at radius 3 is 1.56 bits per heavy atom. The van der Waals surface area contributed by atoms with E-state index in [1.54, 1.807) is 6.92 Å². The van der Waals surface area contributed by atoms with Crippen LogP contribution >= 0.6 is 0 Å². The van der Waals surface area contributed by atoms with Crippen LogP contribution in [0.2, 0.25) is 0 Å². The molecule has 0 radical (unpaired) electrons. The molecule has 0 aliphatic heterocycles. The second kappa shape index (κ2) is 14.2. The molecule has 0 saturated carbocycles. The van der Waals surface area contributed by atoms with Crippen molar-refractivity contribution in [3.8, 4) is 11.5 Å². The van der Waals surface area contributed by atoms with Crippen LogP contribution in [0.15, 0.2) is 90.9 Å². The van der Waals surface area contributed by atoms with Crippen LogP contribution in [0.3, 0.4) is 0 Å². The largest absolute Gasteiger partial charge is 0.507 e. The number of hydrogen-bond donors (Lipinski definition) is 6. The van der Waals surface area contributed by atoms with Gasteiger partial charge in [0.15, 0.2) is 0 Å². The lowest BCUT2D eigenvalue weighted by Crippen LogP contribution is -2.01. The Morgan fingerprint density at radius 1 is 0.688 bits per heavy atom. The van der Waals surface area contributed by atoms with E-state index in [1.165, 1.54) is 61.5 Å². The first-order chi connectivity index (χ1) is 22.5. The van der Waals surface area contributed by atoms with Gasteiger partial charge in [-0.15, -0.1) is 0 Å². The Hall–Kier alpha value is -5.37. The van der Waals surface area contributed by atoms with E-state index in [4.69, 9.17) is 5.26 Å². The minimum Gasteiger partial charge on any atom is -0.507 e. The van der Waals surface area contributed by atoms with Crippen molar-refractivity contribution in [3.63, 3.8) is 0 Å². The third kappa shape index (κ3) is 8.50. The molecule has 4 aromatic rings. The Labute approximate surface area is 273 Å². The topological polar surface area (TPSA) is 265 Å². The van der Waals surface area contributed by atoms with Gasteiger partial charge in [-0.3, -0.25) is 14.4 Å². The molecule has 0 aromatic heterocycles.